The second kappa shape index (κ2) is 12.9. The summed E-state index contributed by atoms with van der Waals surface area (Å²) in [5.41, 5.74) is 2.72. The molecule has 34 heavy (non-hydrogen) atoms. The van der Waals surface area contributed by atoms with Gasteiger partial charge in [-0.3, -0.25) is 9.59 Å². The predicted octanol–water partition coefficient (Wildman–Crippen LogP) is 4.60. The normalized spacial score (nSPS) is 10.6. The first kappa shape index (κ1) is 25.5. The van der Waals surface area contributed by atoms with Crippen LogP contribution in [0.15, 0.2) is 90.1 Å². The number of methoxy groups -OCH3 is 1. The maximum Gasteiger partial charge on any atom is 0.254 e. The summed E-state index contributed by atoms with van der Waals surface area (Å²) in [5.74, 6) is -0.358. The fourth-order valence-electron chi connectivity index (χ4n) is 3.66. The zero-order chi connectivity index (χ0) is 24.3. The molecule has 0 saturated carbocycles. The van der Waals surface area contributed by atoms with E-state index in [4.69, 9.17) is 4.74 Å². The standard InChI is InChI=1S/C27H30BrN3O3/c1-3-14-31(27(33)23-11-7-12-24(28)18-23)21-26(32)30(16-17-34-2)20-25-13-8-15-29(25)19-22-9-5-4-6-10-22/h3-13,15,18H,1,14,16-17,19-21H2,2H3. The molecule has 1 heterocycles. The van der Waals surface area contributed by atoms with E-state index in [2.05, 4.69) is 39.2 Å². The molecule has 3 aromatic rings. The van der Waals surface area contributed by atoms with Gasteiger partial charge in [0.1, 0.15) is 6.54 Å². The van der Waals surface area contributed by atoms with Crippen molar-refractivity contribution in [1.29, 1.82) is 0 Å². The van der Waals surface area contributed by atoms with Crippen molar-refractivity contribution in [3.63, 3.8) is 0 Å². The Hall–Kier alpha value is -3.16. The average molecular weight is 524 g/mol. The van der Waals surface area contributed by atoms with Gasteiger partial charge in [-0.1, -0.05) is 58.4 Å². The lowest BCUT2D eigenvalue weighted by Crippen LogP contribution is -2.44. The Morgan fingerprint density at radius 3 is 2.56 bits per heavy atom. The Kier molecular flexibility index (Phi) is 9.67. The van der Waals surface area contributed by atoms with Crippen LogP contribution >= 0.6 is 15.9 Å². The molecule has 1 aromatic heterocycles. The van der Waals surface area contributed by atoms with Gasteiger partial charge in [0.05, 0.1) is 13.2 Å². The quantitative estimate of drug-likeness (QED) is 0.326. The molecule has 0 aliphatic heterocycles. The number of amides is 2. The van der Waals surface area contributed by atoms with Gasteiger partial charge in [0.25, 0.3) is 5.91 Å². The summed E-state index contributed by atoms with van der Waals surface area (Å²) in [5, 5.41) is 0. The lowest BCUT2D eigenvalue weighted by atomic mass is 10.2. The van der Waals surface area contributed by atoms with Crippen molar-refractivity contribution in [1.82, 2.24) is 14.4 Å². The first-order valence-electron chi connectivity index (χ1n) is 11.1. The fourth-order valence-corrected chi connectivity index (χ4v) is 4.06. The summed E-state index contributed by atoms with van der Waals surface area (Å²) in [6.45, 7) is 5.98. The Labute approximate surface area is 209 Å². The van der Waals surface area contributed by atoms with Crippen molar-refractivity contribution < 1.29 is 14.3 Å². The lowest BCUT2D eigenvalue weighted by molar-refractivity contribution is -0.133. The van der Waals surface area contributed by atoms with Crippen LogP contribution in [-0.4, -0.2) is 59.5 Å². The minimum Gasteiger partial charge on any atom is -0.383 e. The van der Waals surface area contributed by atoms with E-state index in [0.717, 1.165) is 16.7 Å². The van der Waals surface area contributed by atoms with Gasteiger partial charge in [0.2, 0.25) is 5.91 Å². The van der Waals surface area contributed by atoms with Crippen LogP contribution < -0.4 is 0 Å². The minimum absolute atomic E-state index is 0.0412. The van der Waals surface area contributed by atoms with Crippen molar-refractivity contribution in [3.8, 4) is 0 Å². The summed E-state index contributed by atoms with van der Waals surface area (Å²) in [6, 6.07) is 21.4. The highest BCUT2D eigenvalue weighted by Crippen LogP contribution is 2.15. The van der Waals surface area contributed by atoms with Gasteiger partial charge in [0, 0.05) is 48.7 Å². The lowest BCUT2D eigenvalue weighted by Gasteiger charge is -2.27. The van der Waals surface area contributed by atoms with E-state index in [1.165, 1.54) is 10.5 Å². The van der Waals surface area contributed by atoms with Crippen molar-refractivity contribution in [2.24, 2.45) is 0 Å². The van der Waals surface area contributed by atoms with Gasteiger partial charge in [-0.15, -0.1) is 6.58 Å². The number of hydrogen-bond donors (Lipinski definition) is 0. The van der Waals surface area contributed by atoms with Crippen LogP contribution in [-0.2, 0) is 22.6 Å². The van der Waals surface area contributed by atoms with Crippen molar-refractivity contribution in [3.05, 3.63) is 107 Å². The van der Waals surface area contributed by atoms with E-state index in [9.17, 15) is 9.59 Å². The molecule has 7 heteroatoms. The van der Waals surface area contributed by atoms with Crippen LogP contribution in [0.5, 0.6) is 0 Å². The molecule has 0 radical (unpaired) electrons. The zero-order valence-electron chi connectivity index (χ0n) is 19.4. The van der Waals surface area contributed by atoms with E-state index in [1.54, 1.807) is 36.3 Å². The number of aromatic nitrogens is 1. The Balaban J connectivity index is 1.75. The molecule has 0 saturated heterocycles. The Morgan fingerprint density at radius 1 is 1.06 bits per heavy atom. The van der Waals surface area contributed by atoms with Crippen molar-refractivity contribution >= 4 is 27.7 Å². The number of carbonyl (C=O) groups excluding carboxylic acids is 2. The molecule has 0 atom stereocenters. The minimum atomic E-state index is -0.214. The monoisotopic (exact) mass is 523 g/mol. The van der Waals surface area contributed by atoms with Gasteiger partial charge in [0.15, 0.2) is 0 Å². The number of hydrogen-bond acceptors (Lipinski definition) is 3. The third kappa shape index (κ3) is 7.17. The molecule has 0 aliphatic rings. The molecular weight excluding hydrogens is 494 g/mol. The topological polar surface area (TPSA) is 54.8 Å². The third-order valence-corrected chi connectivity index (χ3v) is 5.92. The second-order valence-electron chi connectivity index (χ2n) is 7.91. The zero-order valence-corrected chi connectivity index (χ0v) is 21.0. The predicted molar refractivity (Wildman–Crippen MR) is 138 cm³/mol. The maximum atomic E-state index is 13.4. The first-order valence-corrected chi connectivity index (χ1v) is 11.9. The summed E-state index contributed by atoms with van der Waals surface area (Å²) in [4.78, 5) is 29.7. The molecule has 0 aliphatic carbocycles. The van der Waals surface area contributed by atoms with Crippen LogP contribution in [0.4, 0.5) is 0 Å². The number of ether oxygens (including phenoxy) is 1. The van der Waals surface area contributed by atoms with E-state index < -0.39 is 0 Å². The van der Waals surface area contributed by atoms with Crippen LogP contribution in [0.3, 0.4) is 0 Å². The molecule has 0 fully saturated rings. The van der Waals surface area contributed by atoms with Gasteiger partial charge in [-0.05, 0) is 35.9 Å². The Morgan fingerprint density at radius 2 is 1.85 bits per heavy atom. The van der Waals surface area contributed by atoms with Crippen molar-refractivity contribution in [2.45, 2.75) is 13.1 Å². The summed E-state index contributed by atoms with van der Waals surface area (Å²) < 4.78 is 8.19. The van der Waals surface area contributed by atoms with Crippen LogP contribution in [0.1, 0.15) is 21.6 Å². The summed E-state index contributed by atoms with van der Waals surface area (Å²) in [6.07, 6.45) is 3.65. The van der Waals surface area contributed by atoms with E-state index in [0.29, 0.717) is 25.3 Å². The van der Waals surface area contributed by atoms with Gasteiger partial charge >= 0.3 is 0 Å². The number of nitrogens with zero attached hydrogens (tertiary/aromatic N) is 3. The number of halogens is 1. The number of carbonyl (C=O) groups is 2. The highest BCUT2D eigenvalue weighted by molar-refractivity contribution is 9.10. The van der Waals surface area contributed by atoms with Gasteiger partial charge < -0.3 is 19.1 Å². The van der Waals surface area contributed by atoms with Crippen LogP contribution in [0, 0.1) is 0 Å². The molecule has 2 amide bonds. The molecule has 6 nitrogen and oxygen atoms in total. The molecule has 0 spiro atoms. The molecule has 0 bridgehead atoms. The molecular formula is C27H30BrN3O3. The third-order valence-electron chi connectivity index (χ3n) is 5.42. The van der Waals surface area contributed by atoms with Crippen LogP contribution in [0.2, 0.25) is 0 Å². The maximum absolute atomic E-state index is 13.4. The highest BCUT2D eigenvalue weighted by atomic mass is 79.9. The van der Waals surface area contributed by atoms with Crippen LogP contribution in [0.25, 0.3) is 0 Å². The van der Waals surface area contributed by atoms with E-state index in [-0.39, 0.29) is 24.9 Å². The Bertz CT molecular complexity index is 1100. The number of rotatable bonds is 12. The molecule has 2 aromatic carbocycles. The fraction of sp³-hybridized carbons (Fsp3) is 0.259. The summed E-state index contributed by atoms with van der Waals surface area (Å²) >= 11 is 3.40. The summed E-state index contributed by atoms with van der Waals surface area (Å²) in [7, 11) is 1.61. The largest absolute Gasteiger partial charge is 0.383 e. The van der Waals surface area contributed by atoms with E-state index >= 15 is 0 Å². The molecule has 3 rings (SSSR count). The van der Waals surface area contributed by atoms with Gasteiger partial charge in [-0.2, -0.15) is 0 Å². The first-order chi connectivity index (χ1) is 16.5. The number of benzene rings is 2. The molecule has 178 valence electrons. The molecule has 0 N–H and O–H groups in total. The smallest absolute Gasteiger partial charge is 0.254 e. The van der Waals surface area contributed by atoms with Crippen molar-refractivity contribution in [2.75, 3.05) is 33.4 Å². The van der Waals surface area contributed by atoms with E-state index in [1.807, 2.05) is 42.6 Å². The second-order valence-corrected chi connectivity index (χ2v) is 8.82. The SMILES string of the molecule is C=CCN(CC(=O)N(CCOC)Cc1cccn1Cc1ccccc1)C(=O)c1cccc(Br)c1. The average Bonchev–Trinajstić information content (AvgIpc) is 3.27. The van der Waals surface area contributed by atoms with Gasteiger partial charge in [-0.25, -0.2) is 0 Å². The highest BCUT2D eigenvalue weighted by Gasteiger charge is 2.22. The molecule has 0 unspecified atom stereocenters.